The molecule has 0 aliphatic carbocycles. The van der Waals surface area contributed by atoms with E-state index >= 15 is 0 Å². The highest BCUT2D eigenvalue weighted by atomic mass is 16.6. The van der Waals surface area contributed by atoms with Crippen LogP contribution in [-0.2, 0) is 14.3 Å². The molecule has 0 aromatic heterocycles. The van der Waals surface area contributed by atoms with Crippen LogP contribution < -0.4 is 0 Å². The van der Waals surface area contributed by atoms with Crippen LogP contribution in [0.15, 0.2) is 0 Å². The quantitative estimate of drug-likeness (QED) is 0.152. The third-order valence-corrected chi connectivity index (χ3v) is 4.46. The number of unbranched alkanes of at least 4 members (excludes halogenated alkanes) is 12. The van der Waals surface area contributed by atoms with Crippen molar-refractivity contribution in [2.45, 2.75) is 109 Å². The first-order valence-electron chi connectivity index (χ1n) is 10.9. The van der Waals surface area contributed by atoms with Gasteiger partial charge in [0.2, 0.25) is 6.29 Å². The number of ether oxygens (including phenoxy) is 2. The van der Waals surface area contributed by atoms with Crippen LogP contribution >= 0.6 is 0 Å². The zero-order valence-corrected chi connectivity index (χ0v) is 17.2. The van der Waals surface area contributed by atoms with E-state index in [1.807, 2.05) is 0 Å². The number of aliphatic hydroxyl groups excluding tert-OH is 3. The van der Waals surface area contributed by atoms with Gasteiger partial charge in [-0.2, -0.15) is 0 Å². The van der Waals surface area contributed by atoms with E-state index in [2.05, 4.69) is 16.4 Å². The van der Waals surface area contributed by atoms with Gasteiger partial charge in [-0.25, -0.2) is 0 Å². The third kappa shape index (κ3) is 21.5. The summed E-state index contributed by atoms with van der Waals surface area (Å²) in [6.45, 7) is 3.61. The van der Waals surface area contributed by atoms with Gasteiger partial charge in [0, 0.05) is 6.42 Å². The van der Waals surface area contributed by atoms with Crippen molar-refractivity contribution in [3.63, 3.8) is 0 Å². The van der Waals surface area contributed by atoms with Crippen molar-refractivity contribution in [2.24, 2.45) is 0 Å². The zero-order valence-electron chi connectivity index (χ0n) is 17.2. The summed E-state index contributed by atoms with van der Waals surface area (Å²) < 4.78 is 9.12. The average Bonchev–Trinajstić information content (AvgIpc) is 3.54. The molecule has 0 aromatic rings. The van der Waals surface area contributed by atoms with Crippen LogP contribution in [0.2, 0.25) is 0 Å². The lowest BCUT2D eigenvalue weighted by Gasteiger charge is -2.15. The molecular weight excluding hydrogens is 348 g/mol. The molecule has 0 saturated carbocycles. The fourth-order valence-corrected chi connectivity index (χ4v) is 2.65. The number of esters is 1. The molecular formula is C21H42O6. The van der Waals surface area contributed by atoms with Crippen molar-refractivity contribution >= 4 is 5.97 Å². The summed E-state index contributed by atoms with van der Waals surface area (Å²) in [6.07, 6.45) is 13.3. The molecule has 1 fully saturated rings. The van der Waals surface area contributed by atoms with E-state index in [0.29, 0.717) is 0 Å². The Morgan fingerprint density at radius 2 is 1.26 bits per heavy atom. The van der Waals surface area contributed by atoms with Crippen LogP contribution in [-0.4, -0.2) is 53.5 Å². The molecule has 2 unspecified atom stereocenters. The molecule has 3 N–H and O–H groups in total. The highest BCUT2D eigenvalue weighted by molar-refractivity contribution is 5.69. The SMILES string of the molecule is C1CO1.CCCCCCCCCCCCCCCC(=O)OC(O)C(O)CO. The van der Waals surface area contributed by atoms with Crippen LogP contribution in [0, 0.1) is 0 Å². The maximum atomic E-state index is 11.4. The van der Waals surface area contributed by atoms with Crippen molar-refractivity contribution in [1.29, 1.82) is 0 Å². The van der Waals surface area contributed by atoms with Gasteiger partial charge in [-0.1, -0.05) is 84.0 Å². The Hall–Kier alpha value is -0.690. The minimum absolute atomic E-state index is 0.243. The molecule has 0 amide bonds. The van der Waals surface area contributed by atoms with Gasteiger partial charge < -0.3 is 24.8 Å². The highest BCUT2D eigenvalue weighted by Gasteiger charge is 2.19. The first kappa shape index (κ1) is 26.3. The van der Waals surface area contributed by atoms with Gasteiger partial charge >= 0.3 is 5.97 Å². The molecule has 0 bridgehead atoms. The van der Waals surface area contributed by atoms with Crippen molar-refractivity contribution in [1.82, 2.24) is 0 Å². The van der Waals surface area contributed by atoms with Gasteiger partial charge in [0.25, 0.3) is 0 Å². The molecule has 162 valence electrons. The molecule has 1 rings (SSSR count). The highest BCUT2D eigenvalue weighted by Crippen LogP contribution is 2.13. The van der Waals surface area contributed by atoms with Gasteiger partial charge in [-0.05, 0) is 6.42 Å². The normalized spacial score (nSPS) is 14.8. The first-order chi connectivity index (χ1) is 13.1. The molecule has 1 aliphatic rings. The Morgan fingerprint density at radius 3 is 1.63 bits per heavy atom. The van der Waals surface area contributed by atoms with E-state index in [0.717, 1.165) is 32.5 Å². The van der Waals surface area contributed by atoms with E-state index in [-0.39, 0.29) is 6.42 Å². The maximum Gasteiger partial charge on any atom is 0.308 e. The molecule has 0 spiro atoms. The van der Waals surface area contributed by atoms with Crippen LogP contribution in [0.5, 0.6) is 0 Å². The third-order valence-electron chi connectivity index (χ3n) is 4.46. The topological polar surface area (TPSA) is 99.5 Å². The number of carbonyl (C=O) groups excluding carboxylic acids is 1. The van der Waals surface area contributed by atoms with Crippen molar-refractivity contribution in [2.75, 3.05) is 19.8 Å². The lowest BCUT2D eigenvalue weighted by atomic mass is 10.0. The summed E-state index contributed by atoms with van der Waals surface area (Å²) >= 11 is 0. The summed E-state index contributed by atoms with van der Waals surface area (Å²) in [5.74, 6) is -0.530. The summed E-state index contributed by atoms with van der Waals surface area (Å²) in [5.41, 5.74) is 0. The van der Waals surface area contributed by atoms with Gasteiger partial charge in [0.1, 0.15) is 6.10 Å². The predicted octanol–water partition coefficient (Wildman–Crippen LogP) is 3.70. The van der Waals surface area contributed by atoms with Crippen LogP contribution in [0.4, 0.5) is 0 Å². The van der Waals surface area contributed by atoms with Crippen LogP contribution in [0.25, 0.3) is 0 Å². The molecule has 1 aliphatic heterocycles. The van der Waals surface area contributed by atoms with Gasteiger partial charge in [-0.15, -0.1) is 0 Å². The minimum Gasteiger partial charge on any atom is -0.433 e. The number of carbonyl (C=O) groups is 1. The Kier molecular flexibility index (Phi) is 19.5. The fraction of sp³-hybridized carbons (Fsp3) is 0.952. The van der Waals surface area contributed by atoms with Gasteiger partial charge in [-0.3, -0.25) is 4.79 Å². The lowest BCUT2D eigenvalue weighted by Crippen LogP contribution is -2.33. The van der Waals surface area contributed by atoms with E-state index < -0.39 is 25.0 Å². The zero-order chi connectivity index (χ0) is 20.2. The molecule has 1 saturated heterocycles. The fourth-order valence-electron chi connectivity index (χ4n) is 2.65. The number of hydrogen-bond donors (Lipinski definition) is 3. The Labute approximate surface area is 165 Å². The minimum atomic E-state index is -1.63. The number of hydrogen-bond acceptors (Lipinski definition) is 6. The molecule has 0 radical (unpaired) electrons. The van der Waals surface area contributed by atoms with E-state index in [9.17, 15) is 9.90 Å². The molecule has 1 heterocycles. The summed E-state index contributed by atoms with van der Waals surface area (Å²) in [4.78, 5) is 11.4. The molecule has 2 atom stereocenters. The van der Waals surface area contributed by atoms with Crippen molar-refractivity contribution in [3.05, 3.63) is 0 Å². The van der Waals surface area contributed by atoms with E-state index in [1.165, 1.54) is 64.2 Å². The smallest absolute Gasteiger partial charge is 0.308 e. The summed E-state index contributed by atoms with van der Waals surface area (Å²) in [6, 6.07) is 0. The second kappa shape index (κ2) is 20.1. The first-order valence-corrected chi connectivity index (χ1v) is 10.9. The van der Waals surface area contributed by atoms with Gasteiger partial charge in [0.15, 0.2) is 0 Å². The summed E-state index contributed by atoms with van der Waals surface area (Å²) in [7, 11) is 0. The van der Waals surface area contributed by atoms with Gasteiger partial charge in [0.05, 0.1) is 19.8 Å². The number of rotatable bonds is 17. The monoisotopic (exact) mass is 390 g/mol. The van der Waals surface area contributed by atoms with E-state index in [4.69, 9.17) is 10.2 Å². The lowest BCUT2D eigenvalue weighted by molar-refractivity contribution is -0.190. The molecule has 6 nitrogen and oxygen atoms in total. The maximum absolute atomic E-state index is 11.4. The molecule has 27 heavy (non-hydrogen) atoms. The molecule has 0 aromatic carbocycles. The Morgan fingerprint density at radius 1 is 0.852 bits per heavy atom. The Bertz CT molecular complexity index is 319. The molecule has 6 heteroatoms. The van der Waals surface area contributed by atoms with E-state index in [1.54, 1.807) is 0 Å². The van der Waals surface area contributed by atoms with Crippen LogP contribution in [0.3, 0.4) is 0 Å². The van der Waals surface area contributed by atoms with Crippen LogP contribution in [0.1, 0.15) is 96.8 Å². The largest absolute Gasteiger partial charge is 0.433 e. The van der Waals surface area contributed by atoms with Crippen molar-refractivity contribution in [3.8, 4) is 0 Å². The van der Waals surface area contributed by atoms with Crippen molar-refractivity contribution < 1.29 is 29.6 Å². The average molecular weight is 391 g/mol. The standard InChI is InChI=1S/C19H38O5.C2H4O/c1-2-3-4-5-6-7-8-9-10-11-12-13-14-15-18(22)24-19(23)17(21)16-20;1-2-3-1/h17,19-21,23H,2-16H2,1H3;1-2H2. The second-order valence-electron chi connectivity index (χ2n) is 7.24. The number of epoxide rings is 1. The summed E-state index contributed by atoms with van der Waals surface area (Å²) in [5, 5.41) is 26.9. The number of aliphatic hydroxyl groups is 3. The Balaban J connectivity index is 0.00000203. The second-order valence-corrected chi connectivity index (χ2v) is 7.24. The predicted molar refractivity (Wildman–Crippen MR) is 106 cm³/mol.